The maximum Gasteiger partial charge on any atom is 0.254 e. The molecule has 142 valence electrons. The zero-order valence-electron chi connectivity index (χ0n) is 15.7. The van der Waals surface area contributed by atoms with Crippen LogP contribution in [0.3, 0.4) is 0 Å². The number of amides is 1. The molecule has 2 heterocycles. The third kappa shape index (κ3) is 4.76. The molecule has 2 aromatic heterocycles. The number of hydrogen-bond donors (Lipinski definition) is 1. The van der Waals surface area contributed by atoms with Crippen LogP contribution in [0, 0.1) is 6.92 Å². The van der Waals surface area contributed by atoms with Crippen molar-refractivity contribution in [1.82, 2.24) is 20.1 Å². The summed E-state index contributed by atoms with van der Waals surface area (Å²) in [5, 5.41) is 11.2. The number of hydrogen-bond acceptors (Lipinski definition) is 4. The van der Waals surface area contributed by atoms with E-state index in [-0.39, 0.29) is 11.8 Å². The fourth-order valence-electron chi connectivity index (χ4n) is 2.96. The molecule has 1 N–H and O–H groups in total. The summed E-state index contributed by atoms with van der Waals surface area (Å²) in [5.41, 5.74) is 3.39. The standard InChI is InChI=1S/C20H23ClN4OS/c1-13(2)19-17(11-23-25(19)16-7-4-6-15(21)10-16)20(26)22-9-5-8-18-24-14(3)12-27-18/h4,6-7,10-13H,5,8-9H2,1-3H3,(H,22,26). The number of benzene rings is 1. The van der Waals surface area contributed by atoms with Crippen LogP contribution in [0.1, 0.15) is 52.9 Å². The lowest BCUT2D eigenvalue weighted by Crippen LogP contribution is -2.26. The summed E-state index contributed by atoms with van der Waals surface area (Å²) in [4.78, 5) is 17.1. The number of thiazole rings is 1. The molecule has 1 aromatic carbocycles. The van der Waals surface area contributed by atoms with Crippen molar-refractivity contribution in [2.24, 2.45) is 0 Å². The van der Waals surface area contributed by atoms with E-state index in [1.54, 1.807) is 22.2 Å². The minimum atomic E-state index is -0.0951. The molecule has 0 fully saturated rings. The van der Waals surface area contributed by atoms with Crippen LogP contribution in [0.5, 0.6) is 0 Å². The quantitative estimate of drug-likeness (QED) is 0.578. The summed E-state index contributed by atoms with van der Waals surface area (Å²) >= 11 is 7.77. The average Bonchev–Trinajstić information content (AvgIpc) is 3.25. The molecule has 0 aliphatic rings. The van der Waals surface area contributed by atoms with Crippen LogP contribution in [0.4, 0.5) is 0 Å². The highest BCUT2D eigenvalue weighted by Crippen LogP contribution is 2.24. The first-order valence-electron chi connectivity index (χ1n) is 8.98. The molecule has 3 aromatic rings. The minimum absolute atomic E-state index is 0.0951. The van der Waals surface area contributed by atoms with Gasteiger partial charge in [-0.3, -0.25) is 4.79 Å². The number of aromatic nitrogens is 3. The van der Waals surface area contributed by atoms with Gasteiger partial charge in [0.05, 0.1) is 28.1 Å². The van der Waals surface area contributed by atoms with Gasteiger partial charge in [0.25, 0.3) is 5.91 Å². The van der Waals surface area contributed by atoms with Crippen LogP contribution in [-0.4, -0.2) is 27.2 Å². The van der Waals surface area contributed by atoms with Gasteiger partial charge in [0.1, 0.15) is 0 Å². The Kier molecular flexibility index (Phi) is 6.29. The molecule has 5 nitrogen and oxygen atoms in total. The van der Waals surface area contributed by atoms with Crippen molar-refractivity contribution in [2.75, 3.05) is 6.54 Å². The Balaban J connectivity index is 1.69. The molecular weight excluding hydrogens is 380 g/mol. The van der Waals surface area contributed by atoms with Crippen LogP contribution in [0.2, 0.25) is 5.02 Å². The van der Waals surface area contributed by atoms with E-state index in [4.69, 9.17) is 11.6 Å². The summed E-state index contributed by atoms with van der Waals surface area (Å²) in [6.07, 6.45) is 3.37. The number of nitrogens with zero attached hydrogens (tertiary/aromatic N) is 3. The topological polar surface area (TPSA) is 59.8 Å². The predicted molar refractivity (Wildman–Crippen MR) is 110 cm³/mol. The van der Waals surface area contributed by atoms with Crippen LogP contribution in [0.25, 0.3) is 5.69 Å². The van der Waals surface area contributed by atoms with Gasteiger partial charge >= 0.3 is 0 Å². The Hall–Kier alpha value is -2.18. The van der Waals surface area contributed by atoms with E-state index in [0.29, 0.717) is 17.1 Å². The van der Waals surface area contributed by atoms with Crippen molar-refractivity contribution < 1.29 is 4.79 Å². The van der Waals surface area contributed by atoms with E-state index in [1.165, 1.54) is 0 Å². The molecule has 0 spiro atoms. The van der Waals surface area contributed by atoms with Crippen molar-refractivity contribution >= 4 is 28.8 Å². The van der Waals surface area contributed by atoms with Crippen LogP contribution in [-0.2, 0) is 6.42 Å². The van der Waals surface area contributed by atoms with Crippen molar-refractivity contribution in [3.63, 3.8) is 0 Å². The highest BCUT2D eigenvalue weighted by Gasteiger charge is 2.20. The largest absolute Gasteiger partial charge is 0.352 e. The molecule has 0 radical (unpaired) electrons. The molecule has 27 heavy (non-hydrogen) atoms. The summed E-state index contributed by atoms with van der Waals surface area (Å²) in [6, 6.07) is 7.48. The summed E-state index contributed by atoms with van der Waals surface area (Å²) in [6.45, 7) is 6.71. The van der Waals surface area contributed by atoms with Gasteiger partial charge in [-0.2, -0.15) is 5.10 Å². The predicted octanol–water partition coefficient (Wildman–Crippen LogP) is 4.78. The molecule has 0 saturated carbocycles. The van der Waals surface area contributed by atoms with E-state index in [0.717, 1.165) is 34.9 Å². The van der Waals surface area contributed by atoms with E-state index in [2.05, 4.69) is 29.2 Å². The Bertz CT molecular complexity index is 932. The Labute approximate surface area is 168 Å². The summed E-state index contributed by atoms with van der Waals surface area (Å²) in [5.74, 6) is 0.0489. The highest BCUT2D eigenvalue weighted by molar-refractivity contribution is 7.09. The molecule has 3 rings (SSSR count). The average molecular weight is 403 g/mol. The molecule has 0 aliphatic heterocycles. The SMILES string of the molecule is Cc1csc(CCCNC(=O)c2cnn(-c3cccc(Cl)c3)c2C(C)C)n1. The first-order valence-corrected chi connectivity index (χ1v) is 10.2. The van der Waals surface area contributed by atoms with Crippen LogP contribution >= 0.6 is 22.9 Å². The van der Waals surface area contributed by atoms with Gasteiger partial charge in [0.2, 0.25) is 0 Å². The van der Waals surface area contributed by atoms with Gasteiger partial charge in [0, 0.05) is 29.1 Å². The summed E-state index contributed by atoms with van der Waals surface area (Å²) in [7, 11) is 0. The van der Waals surface area contributed by atoms with Crippen LogP contribution in [0.15, 0.2) is 35.8 Å². The zero-order chi connectivity index (χ0) is 19.4. The first kappa shape index (κ1) is 19.6. The lowest BCUT2D eigenvalue weighted by atomic mass is 10.0. The van der Waals surface area contributed by atoms with Gasteiger partial charge in [0.15, 0.2) is 0 Å². The maximum absolute atomic E-state index is 12.7. The lowest BCUT2D eigenvalue weighted by molar-refractivity contribution is 0.0952. The first-order chi connectivity index (χ1) is 13.0. The second kappa shape index (κ2) is 8.67. The third-order valence-electron chi connectivity index (χ3n) is 4.17. The molecule has 1 amide bonds. The van der Waals surface area contributed by atoms with Gasteiger partial charge < -0.3 is 5.32 Å². The van der Waals surface area contributed by atoms with E-state index in [1.807, 2.05) is 36.6 Å². The fourth-order valence-corrected chi connectivity index (χ4v) is 3.96. The normalized spacial score (nSPS) is 11.1. The lowest BCUT2D eigenvalue weighted by Gasteiger charge is -2.13. The molecule has 0 saturated heterocycles. The number of halogens is 1. The Morgan fingerprint density at radius 1 is 1.37 bits per heavy atom. The Morgan fingerprint density at radius 3 is 2.85 bits per heavy atom. The second-order valence-corrected chi connectivity index (χ2v) is 8.11. The molecule has 0 aliphatic carbocycles. The zero-order valence-corrected chi connectivity index (χ0v) is 17.3. The van der Waals surface area contributed by atoms with Crippen molar-refractivity contribution in [2.45, 2.75) is 39.5 Å². The molecule has 0 atom stereocenters. The van der Waals surface area contributed by atoms with Gasteiger partial charge in [-0.15, -0.1) is 11.3 Å². The molecule has 7 heteroatoms. The number of aryl methyl sites for hydroxylation is 2. The highest BCUT2D eigenvalue weighted by atomic mass is 35.5. The van der Waals surface area contributed by atoms with Gasteiger partial charge in [-0.25, -0.2) is 9.67 Å². The van der Waals surface area contributed by atoms with E-state index < -0.39 is 0 Å². The number of rotatable bonds is 7. The fraction of sp³-hybridized carbons (Fsp3) is 0.350. The number of nitrogens with one attached hydrogen (secondary N) is 1. The smallest absolute Gasteiger partial charge is 0.254 e. The Morgan fingerprint density at radius 2 is 2.19 bits per heavy atom. The van der Waals surface area contributed by atoms with E-state index >= 15 is 0 Å². The maximum atomic E-state index is 12.7. The second-order valence-electron chi connectivity index (χ2n) is 6.73. The number of carbonyl (C=O) groups is 1. The van der Waals surface area contributed by atoms with Crippen molar-refractivity contribution in [3.05, 3.63) is 62.8 Å². The van der Waals surface area contributed by atoms with Crippen molar-refractivity contribution in [1.29, 1.82) is 0 Å². The van der Waals surface area contributed by atoms with Crippen molar-refractivity contribution in [3.8, 4) is 5.69 Å². The number of carbonyl (C=O) groups excluding carboxylic acids is 1. The third-order valence-corrected chi connectivity index (χ3v) is 5.43. The molecular formula is C20H23ClN4OS. The minimum Gasteiger partial charge on any atom is -0.352 e. The van der Waals surface area contributed by atoms with E-state index in [9.17, 15) is 4.79 Å². The molecule has 0 unspecified atom stereocenters. The monoisotopic (exact) mass is 402 g/mol. The molecule has 0 bridgehead atoms. The van der Waals surface area contributed by atoms with Crippen LogP contribution < -0.4 is 5.32 Å². The summed E-state index contributed by atoms with van der Waals surface area (Å²) < 4.78 is 1.80. The van der Waals surface area contributed by atoms with Gasteiger partial charge in [-0.1, -0.05) is 31.5 Å². The van der Waals surface area contributed by atoms with Gasteiger partial charge in [-0.05, 0) is 37.5 Å².